The average molecular weight is 269 g/mol. The Hall–Kier alpha value is -0.610. The van der Waals surface area contributed by atoms with E-state index >= 15 is 0 Å². The fourth-order valence-corrected chi connectivity index (χ4v) is 2.67. The monoisotopic (exact) mass is 269 g/mol. The molecule has 1 fully saturated rings. The topological polar surface area (TPSA) is 44.4 Å². The lowest BCUT2D eigenvalue weighted by Crippen LogP contribution is -2.52. The third-order valence-electron chi connectivity index (χ3n) is 4.58. The second-order valence-corrected chi connectivity index (χ2v) is 5.97. The molecule has 112 valence electrons. The van der Waals surface area contributed by atoms with Gasteiger partial charge in [-0.15, -0.1) is 0 Å². The number of carbonyl (C=O) groups excluding carboxylic acids is 1. The van der Waals surface area contributed by atoms with Crippen molar-refractivity contribution in [2.75, 3.05) is 20.1 Å². The van der Waals surface area contributed by atoms with Gasteiger partial charge in [0.05, 0.1) is 6.04 Å². The van der Waals surface area contributed by atoms with Crippen LogP contribution in [-0.4, -0.2) is 49.1 Å². The Bertz CT molecular complexity index is 283. The molecule has 0 aliphatic carbocycles. The molecule has 0 radical (unpaired) electrons. The molecule has 0 aromatic heterocycles. The smallest absolute Gasteiger partial charge is 0.237 e. The minimum atomic E-state index is -0.0131. The number of amides is 1. The molecular weight excluding hydrogens is 238 g/mol. The first-order chi connectivity index (χ1) is 8.99. The summed E-state index contributed by atoms with van der Waals surface area (Å²) in [6.45, 7) is 10.5. The Kier molecular flexibility index (Phi) is 6.80. The van der Waals surface area contributed by atoms with Crippen LogP contribution in [0.15, 0.2) is 0 Å². The van der Waals surface area contributed by atoms with Crippen LogP contribution in [0.25, 0.3) is 0 Å². The zero-order chi connectivity index (χ0) is 14.4. The second kappa shape index (κ2) is 7.85. The van der Waals surface area contributed by atoms with Gasteiger partial charge in [0.2, 0.25) is 5.91 Å². The van der Waals surface area contributed by atoms with Crippen molar-refractivity contribution in [1.82, 2.24) is 15.5 Å². The molecule has 0 spiro atoms. The van der Waals surface area contributed by atoms with Crippen LogP contribution >= 0.6 is 0 Å². The highest BCUT2D eigenvalue weighted by Gasteiger charge is 2.29. The van der Waals surface area contributed by atoms with Crippen molar-refractivity contribution in [3.8, 4) is 0 Å². The lowest BCUT2D eigenvalue weighted by atomic mass is 9.91. The summed E-state index contributed by atoms with van der Waals surface area (Å²) in [4.78, 5) is 14.5. The largest absolute Gasteiger partial charge is 0.352 e. The SMILES string of the molecule is CCC(C)NC(=O)C(C)N1CCCC(C(C)NC)C1. The number of hydrogen-bond donors (Lipinski definition) is 2. The maximum atomic E-state index is 12.2. The number of piperidine rings is 1. The van der Waals surface area contributed by atoms with Gasteiger partial charge in [-0.2, -0.15) is 0 Å². The van der Waals surface area contributed by atoms with E-state index in [1.165, 1.54) is 12.8 Å². The fraction of sp³-hybridized carbons (Fsp3) is 0.933. The molecule has 1 saturated heterocycles. The van der Waals surface area contributed by atoms with Crippen molar-refractivity contribution >= 4 is 5.91 Å². The van der Waals surface area contributed by atoms with Crippen molar-refractivity contribution < 1.29 is 4.79 Å². The summed E-state index contributed by atoms with van der Waals surface area (Å²) < 4.78 is 0. The van der Waals surface area contributed by atoms with Gasteiger partial charge < -0.3 is 10.6 Å². The summed E-state index contributed by atoms with van der Waals surface area (Å²) >= 11 is 0. The number of likely N-dealkylation sites (tertiary alicyclic amines) is 1. The van der Waals surface area contributed by atoms with Gasteiger partial charge in [0.15, 0.2) is 0 Å². The van der Waals surface area contributed by atoms with E-state index in [4.69, 9.17) is 0 Å². The van der Waals surface area contributed by atoms with Crippen LogP contribution in [0.4, 0.5) is 0 Å². The molecule has 1 aliphatic rings. The molecule has 2 N–H and O–H groups in total. The van der Waals surface area contributed by atoms with E-state index in [1.54, 1.807) is 0 Å². The summed E-state index contributed by atoms with van der Waals surface area (Å²) in [7, 11) is 2.02. The average Bonchev–Trinajstić information content (AvgIpc) is 2.45. The highest BCUT2D eigenvalue weighted by molar-refractivity contribution is 5.81. The van der Waals surface area contributed by atoms with Crippen molar-refractivity contribution in [3.63, 3.8) is 0 Å². The highest BCUT2D eigenvalue weighted by atomic mass is 16.2. The Labute approximate surface area is 118 Å². The standard InChI is InChI=1S/C15H31N3O/c1-6-11(2)17-15(19)13(4)18-9-7-8-14(10-18)12(3)16-5/h11-14,16H,6-10H2,1-5H3,(H,17,19). The van der Waals surface area contributed by atoms with Crippen molar-refractivity contribution in [1.29, 1.82) is 0 Å². The van der Waals surface area contributed by atoms with E-state index in [0.717, 1.165) is 19.5 Å². The molecule has 4 nitrogen and oxygen atoms in total. The van der Waals surface area contributed by atoms with Crippen LogP contribution in [0, 0.1) is 5.92 Å². The predicted molar refractivity (Wildman–Crippen MR) is 80.2 cm³/mol. The van der Waals surface area contributed by atoms with Crippen LogP contribution in [0.5, 0.6) is 0 Å². The van der Waals surface area contributed by atoms with Crippen molar-refractivity contribution in [2.24, 2.45) is 5.92 Å². The Morgan fingerprint density at radius 2 is 2.05 bits per heavy atom. The Morgan fingerprint density at radius 3 is 2.63 bits per heavy atom. The number of nitrogens with one attached hydrogen (secondary N) is 2. The fourth-order valence-electron chi connectivity index (χ4n) is 2.67. The van der Waals surface area contributed by atoms with Crippen LogP contribution < -0.4 is 10.6 Å². The lowest BCUT2D eigenvalue weighted by Gasteiger charge is -2.38. The van der Waals surface area contributed by atoms with E-state index in [1.807, 2.05) is 14.0 Å². The second-order valence-electron chi connectivity index (χ2n) is 5.97. The van der Waals surface area contributed by atoms with Crippen LogP contribution in [0.1, 0.15) is 47.0 Å². The molecule has 0 aromatic rings. The zero-order valence-corrected chi connectivity index (χ0v) is 13.2. The maximum absolute atomic E-state index is 12.2. The minimum Gasteiger partial charge on any atom is -0.352 e. The van der Waals surface area contributed by atoms with Gasteiger partial charge in [0.25, 0.3) is 0 Å². The maximum Gasteiger partial charge on any atom is 0.237 e. The summed E-state index contributed by atoms with van der Waals surface area (Å²) in [5.41, 5.74) is 0. The zero-order valence-electron chi connectivity index (χ0n) is 13.2. The van der Waals surface area contributed by atoms with Gasteiger partial charge in [-0.3, -0.25) is 9.69 Å². The van der Waals surface area contributed by atoms with Gasteiger partial charge in [-0.1, -0.05) is 6.92 Å². The number of rotatable bonds is 6. The summed E-state index contributed by atoms with van der Waals surface area (Å²) in [5.74, 6) is 0.824. The Morgan fingerprint density at radius 1 is 1.37 bits per heavy atom. The van der Waals surface area contributed by atoms with Crippen molar-refractivity contribution in [2.45, 2.75) is 65.1 Å². The quantitative estimate of drug-likeness (QED) is 0.770. The molecule has 0 aromatic carbocycles. The van der Waals surface area contributed by atoms with Gasteiger partial charge in [0, 0.05) is 18.6 Å². The van der Waals surface area contributed by atoms with Gasteiger partial charge in [-0.25, -0.2) is 0 Å². The summed E-state index contributed by atoms with van der Waals surface area (Å²) in [5, 5.41) is 6.43. The molecule has 1 rings (SSSR count). The highest BCUT2D eigenvalue weighted by Crippen LogP contribution is 2.21. The molecule has 19 heavy (non-hydrogen) atoms. The first-order valence-electron chi connectivity index (χ1n) is 7.71. The molecule has 1 aliphatic heterocycles. The third-order valence-corrected chi connectivity index (χ3v) is 4.58. The predicted octanol–water partition coefficient (Wildman–Crippen LogP) is 1.61. The normalized spacial score (nSPS) is 25.6. The lowest BCUT2D eigenvalue weighted by molar-refractivity contribution is -0.127. The van der Waals surface area contributed by atoms with Gasteiger partial charge >= 0.3 is 0 Å². The molecule has 1 amide bonds. The van der Waals surface area contributed by atoms with E-state index in [0.29, 0.717) is 12.0 Å². The Balaban J connectivity index is 2.51. The molecule has 0 bridgehead atoms. The van der Waals surface area contributed by atoms with Crippen LogP contribution in [-0.2, 0) is 4.79 Å². The molecule has 0 saturated carbocycles. The van der Waals surface area contributed by atoms with Crippen LogP contribution in [0.3, 0.4) is 0 Å². The van der Waals surface area contributed by atoms with E-state index < -0.39 is 0 Å². The molecule has 4 atom stereocenters. The van der Waals surface area contributed by atoms with E-state index in [9.17, 15) is 4.79 Å². The number of carbonyl (C=O) groups is 1. The van der Waals surface area contributed by atoms with Crippen molar-refractivity contribution in [3.05, 3.63) is 0 Å². The van der Waals surface area contributed by atoms with Crippen LogP contribution in [0.2, 0.25) is 0 Å². The number of nitrogens with zero attached hydrogens (tertiary/aromatic N) is 1. The van der Waals surface area contributed by atoms with E-state index in [-0.39, 0.29) is 18.0 Å². The number of hydrogen-bond acceptors (Lipinski definition) is 3. The molecule has 4 heteroatoms. The first-order valence-corrected chi connectivity index (χ1v) is 7.71. The summed E-state index contributed by atoms with van der Waals surface area (Å²) in [6.07, 6.45) is 3.44. The summed E-state index contributed by atoms with van der Waals surface area (Å²) in [6, 6.07) is 0.778. The van der Waals surface area contributed by atoms with Gasteiger partial charge in [0.1, 0.15) is 0 Å². The molecular formula is C15H31N3O. The van der Waals surface area contributed by atoms with E-state index in [2.05, 4.69) is 36.3 Å². The third kappa shape index (κ3) is 4.77. The minimum absolute atomic E-state index is 0.0131. The molecule has 4 unspecified atom stereocenters. The van der Waals surface area contributed by atoms with Gasteiger partial charge in [-0.05, 0) is 59.5 Å². The first kappa shape index (κ1) is 16.4. The molecule has 1 heterocycles.